The van der Waals surface area contributed by atoms with Crippen LogP contribution in [0.25, 0.3) is 0 Å². The molecule has 2 aromatic carbocycles. The minimum Gasteiger partial charge on any atom is -0.465 e. The molecule has 0 aliphatic rings. The average Bonchev–Trinajstić information content (AvgIpc) is 2.65. The molecule has 0 heterocycles. The lowest BCUT2D eigenvalue weighted by molar-refractivity contribution is -0.138. The van der Waals surface area contributed by atoms with E-state index in [0.717, 1.165) is 37.4 Å². The van der Waals surface area contributed by atoms with Gasteiger partial charge in [0, 0.05) is 15.6 Å². The summed E-state index contributed by atoms with van der Waals surface area (Å²) in [6, 6.07) is 5.64. The summed E-state index contributed by atoms with van der Waals surface area (Å²) >= 11 is 2.74. The van der Waals surface area contributed by atoms with E-state index < -0.39 is 35.0 Å². The number of carbonyl (C=O) groups is 3. The number of methoxy groups -OCH3 is 1. The lowest BCUT2D eigenvalue weighted by Crippen LogP contribution is -2.14. The van der Waals surface area contributed by atoms with Crippen molar-refractivity contribution < 1.29 is 45.5 Å². The molecule has 0 amide bonds. The maximum absolute atomic E-state index is 12.5. The molecule has 0 atom stereocenters. The van der Waals surface area contributed by atoms with Crippen LogP contribution in [-0.2, 0) is 17.1 Å². The van der Waals surface area contributed by atoms with Crippen molar-refractivity contribution >= 4 is 34.5 Å². The Hall–Kier alpha value is -2.69. The molecule has 0 N–H and O–H groups in total. The summed E-state index contributed by atoms with van der Waals surface area (Å²) < 4.78 is 78.0. The zero-order chi connectivity index (χ0) is 22.4. The minimum atomic E-state index is -4.66. The van der Waals surface area contributed by atoms with E-state index in [1.54, 1.807) is 0 Å². The summed E-state index contributed by atoms with van der Waals surface area (Å²) in [5, 5.41) is 0. The van der Waals surface area contributed by atoms with Crippen molar-refractivity contribution in [2.45, 2.75) is 12.4 Å². The third-order valence-electron chi connectivity index (χ3n) is 3.33. The monoisotopic (exact) mass is 484 g/mol. The van der Waals surface area contributed by atoms with Gasteiger partial charge in [-0.2, -0.15) is 26.3 Å². The number of esters is 1. The van der Waals surface area contributed by atoms with Gasteiger partial charge in [0.2, 0.25) is 0 Å². The van der Waals surface area contributed by atoms with Crippen LogP contribution in [0.15, 0.2) is 40.9 Å². The van der Waals surface area contributed by atoms with Crippen LogP contribution in [0.3, 0.4) is 0 Å². The van der Waals surface area contributed by atoms with Gasteiger partial charge in [-0.05, 0) is 24.3 Å². The Morgan fingerprint density at radius 3 is 1.69 bits per heavy atom. The minimum absolute atomic E-state index is 0.0200. The molecule has 0 aliphatic carbocycles. The van der Waals surface area contributed by atoms with Gasteiger partial charge >= 0.3 is 18.3 Å². The van der Waals surface area contributed by atoms with E-state index in [9.17, 15) is 40.7 Å². The lowest BCUT2D eigenvalue weighted by Gasteiger charge is -2.11. The molecule has 0 bridgehead atoms. The SMILES string of the molecule is COC(=O)c1cc(C=O)ccc1C(F)(F)F.O=Cc1ccc(C(F)(F)F)c(Br)c1. The van der Waals surface area contributed by atoms with E-state index in [0.29, 0.717) is 18.6 Å². The Morgan fingerprint density at radius 1 is 0.862 bits per heavy atom. The molecule has 0 fully saturated rings. The van der Waals surface area contributed by atoms with E-state index >= 15 is 0 Å². The molecule has 0 aliphatic heterocycles. The van der Waals surface area contributed by atoms with Crippen LogP contribution in [0, 0.1) is 0 Å². The first kappa shape index (κ1) is 24.3. The number of ether oxygens (including phenoxy) is 1. The van der Waals surface area contributed by atoms with Gasteiger partial charge in [0.1, 0.15) is 12.6 Å². The van der Waals surface area contributed by atoms with Gasteiger partial charge in [0.05, 0.1) is 23.8 Å². The number of alkyl halides is 6. The van der Waals surface area contributed by atoms with Crippen molar-refractivity contribution in [2.75, 3.05) is 7.11 Å². The van der Waals surface area contributed by atoms with Crippen LogP contribution in [0.4, 0.5) is 26.3 Å². The molecule has 0 spiro atoms. The molecule has 4 nitrogen and oxygen atoms in total. The van der Waals surface area contributed by atoms with Crippen molar-refractivity contribution in [3.05, 3.63) is 68.7 Å². The topological polar surface area (TPSA) is 60.4 Å². The van der Waals surface area contributed by atoms with Crippen LogP contribution in [0.5, 0.6) is 0 Å². The highest BCUT2D eigenvalue weighted by Crippen LogP contribution is 2.35. The van der Waals surface area contributed by atoms with E-state index in [2.05, 4.69) is 20.7 Å². The fourth-order valence-corrected chi connectivity index (χ4v) is 2.62. The van der Waals surface area contributed by atoms with E-state index in [-0.39, 0.29) is 15.6 Å². The van der Waals surface area contributed by atoms with Crippen LogP contribution in [-0.4, -0.2) is 25.7 Å². The molecule has 0 aromatic heterocycles. The van der Waals surface area contributed by atoms with Crippen LogP contribution in [0.1, 0.15) is 42.2 Å². The molecule has 2 rings (SSSR count). The van der Waals surface area contributed by atoms with Gasteiger partial charge in [-0.1, -0.05) is 28.1 Å². The largest absolute Gasteiger partial charge is 0.465 e. The van der Waals surface area contributed by atoms with Crippen LogP contribution < -0.4 is 0 Å². The second-order valence-corrected chi connectivity index (χ2v) is 6.12. The van der Waals surface area contributed by atoms with Gasteiger partial charge in [0.15, 0.2) is 0 Å². The highest BCUT2D eigenvalue weighted by atomic mass is 79.9. The fraction of sp³-hybridized carbons (Fsp3) is 0.167. The molecule has 29 heavy (non-hydrogen) atoms. The maximum atomic E-state index is 12.5. The average molecular weight is 485 g/mol. The Labute approximate surface area is 168 Å². The van der Waals surface area contributed by atoms with Gasteiger partial charge in [-0.25, -0.2) is 4.79 Å². The van der Waals surface area contributed by atoms with Crippen molar-refractivity contribution in [3.63, 3.8) is 0 Å². The van der Waals surface area contributed by atoms with Crippen molar-refractivity contribution in [3.8, 4) is 0 Å². The molecule has 0 saturated carbocycles. The number of benzene rings is 2. The molecule has 0 unspecified atom stereocenters. The second kappa shape index (κ2) is 9.68. The summed E-state index contributed by atoms with van der Waals surface area (Å²) in [4.78, 5) is 31.7. The van der Waals surface area contributed by atoms with Crippen molar-refractivity contribution in [1.82, 2.24) is 0 Å². The van der Waals surface area contributed by atoms with Crippen molar-refractivity contribution in [1.29, 1.82) is 0 Å². The quantitative estimate of drug-likeness (QED) is 0.324. The fourth-order valence-electron chi connectivity index (χ4n) is 2.00. The number of hydrogen-bond acceptors (Lipinski definition) is 4. The molecule has 11 heteroatoms. The van der Waals surface area contributed by atoms with Gasteiger partial charge < -0.3 is 4.74 Å². The Morgan fingerprint density at radius 2 is 1.31 bits per heavy atom. The summed E-state index contributed by atoms with van der Waals surface area (Å²) in [5.74, 6) is -1.13. The first-order chi connectivity index (χ1) is 13.3. The predicted octanol–water partition coefficient (Wildman–Crippen LogP) is 5.58. The summed E-state index contributed by atoms with van der Waals surface area (Å²) in [7, 11) is 0.968. The molecular weight excluding hydrogens is 474 g/mol. The first-order valence-electron chi connectivity index (χ1n) is 7.41. The smallest absolute Gasteiger partial charge is 0.417 e. The Kier molecular flexibility index (Phi) is 8.13. The van der Waals surface area contributed by atoms with E-state index in [1.807, 2.05) is 0 Å². The Bertz CT molecular complexity index is 906. The van der Waals surface area contributed by atoms with E-state index in [4.69, 9.17) is 0 Å². The van der Waals surface area contributed by atoms with Crippen molar-refractivity contribution in [2.24, 2.45) is 0 Å². The summed E-state index contributed by atoms with van der Waals surface area (Å²) in [6.45, 7) is 0. The molecule has 2 aromatic rings. The molecular formula is C18H11BrF6O4. The van der Waals surface area contributed by atoms with E-state index in [1.165, 1.54) is 0 Å². The maximum Gasteiger partial charge on any atom is 0.417 e. The third kappa shape index (κ3) is 6.70. The van der Waals surface area contributed by atoms with Gasteiger partial charge in [-0.3, -0.25) is 9.59 Å². The standard InChI is InChI=1S/C10H7F3O3.C8H4BrF3O/c1-16-9(15)7-4-6(5-14)2-3-8(7)10(11,12)13;9-7-3-5(4-13)1-2-6(7)8(10,11)12/h2-5H,1H3;1-4H. The molecule has 0 saturated heterocycles. The zero-order valence-corrected chi connectivity index (χ0v) is 16.0. The summed E-state index contributed by atoms with van der Waals surface area (Å²) in [5.41, 5.74) is -2.38. The molecule has 156 valence electrons. The number of aldehydes is 2. The second-order valence-electron chi connectivity index (χ2n) is 5.27. The first-order valence-corrected chi connectivity index (χ1v) is 8.21. The van der Waals surface area contributed by atoms with Gasteiger partial charge in [0.25, 0.3) is 0 Å². The number of halogens is 7. The third-order valence-corrected chi connectivity index (χ3v) is 3.98. The van der Waals surface area contributed by atoms with Gasteiger partial charge in [-0.15, -0.1) is 0 Å². The normalized spacial score (nSPS) is 11.2. The number of rotatable bonds is 3. The number of hydrogen-bond donors (Lipinski definition) is 0. The zero-order valence-electron chi connectivity index (χ0n) is 14.4. The highest BCUT2D eigenvalue weighted by molar-refractivity contribution is 9.10. The Balaban J connectivity index is 0.000000296. The highest BCUT2D eigenvalue weighted by Gasteiger charge is 2.35. The van der Waals surface area contributed by atoms with Crippen LogP contribution >= 0.6 is 15.9 Å². The number of carbonyl (C=O) groups excluding carboxylic acids is 3. The summed E-state index contributed by atoms with van der Waals surface area (Å²) in [6.07, 6.45) is -8.21. The lowest BCUT2D eigenvalue weighted by atomic mass is 10.0. The predicted molar refractivity (Wildman–Crippen MR) is 92.7 cm³/mol. The molecule has 0 radical (unpaired) electrons. The van der Waals surface area contributed by atoms with Crippen LogP contribution in [0.2, 0.25) is 0 Å².